The normalized spacial score (nSPS) is 11.7. The third-order valence-electron chi connectivity index (χ3n) is 3.52. The summed E-state index contributed by atoms with van der Waals surface area (Å²) in [5, 5.41) is 3.18. The van der Waals surface area contributed by atoms with Crippen LogP contribution in [0.25, 0.3) is 6.08 Å². The van der Waals surface area contributed by atoms with Gasteiger partial charge < -0.3 is 14.8 Å². The summed E-state index contributed by atoms with van der Waals surface area (Å²) in [6.45, 7) is 1.47. The van der Waals surface area contributed by atoms with E-state index in [0.717, 1.165) is 0 Å². The van der Waals surface area contributed by atoms with Crippen LogP contribution >= 0.6 is 11.6 Å². The average molecular weight is 388 g/mol. The fourth-order valence-corrected chi connectivity index (χ4v) is 2.18. The van der Waals surface area contributed by atoms with Crippen molar-refractivity contribution in [1.82, 2.24) is 0 Å². The number of nitrogens with one attached hydrogen (secondary N) is 1. The molecule has 1 atom stereocenters. The van der Waals surface area contributed by atoms with Crippen molar-refractivity contribution in [2.24, 2.45) is 0 Å². The van der Waals surface area contributed by atoms with Gasteiger partial charge in [-0.3, -0.25) is 4.79 Å². The summed E-state index contributed by atoms with van der Waals surface area (Å²) in [5.41, 5.74) is 1.65. The zero-order chi connectivity index (χ0) is 19.8. The van der Waals surface area contributed by atoms with Crippen LogP contribution in [0.2, 0.25) is 5.02 Å². The van der Waals surface area contributed by atoms with Crippen LogP contribution in [0.4, 0.5) is 5.69 Å². The van der Waals surface area contributed by atoms with Gasteiger partial charge >= 0.3 is 11.9 Å². The lowest BCUT2D eigenvalue weighted by atomic mass is 10.1. The van der Waals surface area contributed by atoms with E-state index >= 15 is 0 Å². The van der Waals surface area contributed by atoms with Crippen LogP contribution in [0.5, 0.6) is 0 Å². The molecule has 0 aliphatic heterocycles. The SMILES string of the molecule is COC(=O)c1ccc(/C=C/C(=O)O[C@@H](C)C(=O)Nc2ccc(Cl)cc2)cc1. The van der Waals surface area contributed by atoms with Gasteiger partial charge in [0.15, 0.2) is 6.10 Å². The number of anilines is 1. The number of methoxy groups -OCH3 is 1. The van der Waals surface area contributed by atoms with Crippen LogP contribution in [0, 0.1) is 0 Å². The lowest BCUT2D eigenvalue weighted by Gasteiger charge is -2.12. The molecule has 1 amide bonds. The molecule has 7 heteroatoms. The Labute approximate surface area is 161 Å². The standard InChI is InChI=1S/C20H18ClNO5/c1-13(19(24)22-17-10-8-16(21)9-11-17)27-18(23)12-5-14-3-6-15(7-4-14)20(25)26-2/h3-13H,1-2H3,(H,22,24)/b12-5+/t13-/m0/s1. The highest BCUT2D eigenvalue weighted by molar-refractivity contribution is 6.30. The van der Waals surface area contributed by atoms with E-state index in [-0.39, 0.29) is 0 Å². The van der Waals surface area contributed by atoms with Crippen LogP contribution in [0.3, 0.4) is 0 Å². The second kappa shape index (κ2) is 9.54. The highest BCUT2D eigenvalue weighted by atomic mass is 35.5. The molecule has 1 N–H and O–H groups in total. The van der Waals surface area contributed by atoms with Crippen molar-refractivity contribution in [2.45, 2.75) is 13.0 Å². The summed E-state index contributed by atoms with van der Waals surface area (Å²) < 4.78 is 9.68. The number of ether oxygens (including phenoxy) is 2. The maximum absolute atomic E-state index is 12.0. The molecule has 0 heterocycles. The number of benzene rings is 2. The topological polar surface area (TPSA) is 81.7 Å². The van der Waals surface area contributed by atoms with E-state index in [0.29, 0.717) is 21.8 Å². The predicted molar refractivity (Wildman–Crippen MR) is 102 cm³/mol. The summed E-state index contributed by atoms with van der Waals surface area (Å²) in [4.78, 5) is 35.3. The second-order valence-electron chi connectivity index (χ2n) is 5.52. The number of hydrogen-bond donors (Lipinski definition) is 1. The third kappa shape index (κ3) is 6.27. The first kappa shape index (κ1) is 20.2. The Balaban J connectivity index is 1.88. The molecule has 0 aliphatic carbocycles. The largest absolute Gasteiger partial charge is 0.465 e. The van der Waals surface area contributed by atoms with E-state index < -0.39 is 23.9 Å². The number of hydrogen-bond acceptors (Lipinski definition) is 5. The Morgan fingerprint density at radius 1 is 1.04 bits per heavy atom. The van der Waals surface area contributed by atoms with Gasteiger partial charge in [0, 0.05) is 16.8 Å². The first-order chi connectivity index (χ1) is 12.9. The summed E-state index contributed by atoms with van der Waals surface area (Å²) in [6.07, 6.45) is 1.76. The smallest absolute Gasteiger partial charge is 0.337 e. The predicted octanol–water partition coefficient (Wildman–Crippen LogP) is 3.71. The summed E-state index contributed by atoms with van der Waals surface area (Å²) in [7, 11) is 1.30. The molecule has 2 rings (SSSR count). The van der Waals surface area contributed by atoms with Crippen molar-refractivity contribution >= 4 is 41.2 Å². The van der Waals surface area contributed by atoms with Gasteiger partial charge in [-0.15, -0.1) is 0 Å². The fourth-order valence-electron chi connectivity index (χ4n) is 2.06. The number of carbonyl (C=O) groups excluding carboxylic acids is 3. The van der Waals surface area contributed by atoms with Gasteiger partial charge in [0.2, 0.25) is 0 Å². The minimum absolute atomic E-state index is 0.407. The summed E-state index contributed by atoms with van der Waals surface area (Å²) in [5.74, 6) is -1.56. The number of rotatable bonds is 6. The Morgan fingerprint density at radius 2 is 1.67 bits per heavy atom. The van der Waals surface area contributed by atoms with Gasteiger partial charge in [-0.2, -0.15) is 0 Å². The van der Waals surface area contributed by atoms with Gasteiger partial charge in [0.05, 0.1) is 12.7 Å². The third-order valence-corrected chi connectivity index (χ3v) is 3.77. The van der Waals surface area contributed by atoms with Gasteiger partial charge in [-0.1, -0.05) is 23.7 Å². The molecule has 0 spiro atoms. The summed E-state index contributed by atoms with van der Waals surface area (Å²) in [6, 6.07) is 13.1. The molecule has 0 bridgehead atoms. The molecular weight excluding hydrogens is 370 g/mol. The Bertz CT molecular complexity index is 844. The Kier molecular flexibility index (Phi) is 7.14. The molecule has 140 valence electrons. The zero-order valence-corrected chi connectivity index (χ0v) is 15.5. The van der Waals surface area contributed by atoms with E-state index in [4.69, 9.17) is 16.3 Å². The van der Waals surface area contributed by atoms with Crippen molar-refractivity contribution < 1.29 is 23.9 Å². The lowest BCUT2D eigenvalue weighted by Crippen LogP contribution is -2.29. The quantitative estimate of drug-likeness (QED) is 0.603. The molecule has 0 saturated carbocycles. The van der Waals surface area contributed by atoms with Crippen molar-refractivity contribution in [3.8, 4) is 0 Å². The molecular formula is C20H18ClNO5. The van der Waals surface area contributed by atoms with Gasteiger partial charge in [0.1, 0.15) is 0 Å². The maximum Gasteiger partial charge on any atom is 0.337 e. The van der Waals surface area contributed by atoms with Crippen LogP contribution in [0.1, 0.15) is 22.8 Å². The van der Waals surface area contributed by atoms with Crippen molar-refractivity contribution in [2.75, 3.05) is 12.4 Å². The molecule has 2 aromatic rings. The van der Waals surface area contributed by atoms with Crippen molar-refractivity contribution in [3.63, 3.8) is 0 Å². The van der Waals surface area contributed by atoms with Gasteiger partial charge in [0.25, 0.3) is 5.91 Å². The van der Waals surface area contributed by atoms with Crippen LogP contribution in [-0.4, -0.2) is 31.1 Å². The maximum atomic E-state index is 12.0. The minimum Gasteiger partial charge on any atom is -0.465 e. The van der Waals surface area contributed by atoms with E-state index in [1.807, 2.05) is 0 Å². The number of halogens is 1. The Morgan fingerprint density at radius 3 is 2.26 bits per heavy atom. The molecule has 0 fully saturated rings. The van der Waals surface area contributed by atoms with Crippen molar-refractivity contribution in [1.29, 1.82) is 0 Å². The lowest BCUT2D eigenvalue weighted by molar-refractivity contribution is -0.148. The summed E-state index contributed by atoms with van der Waals surface area (Å²) >= 11 is 5.78. The first-order valence-corrected chi connectivity index (χ1v) is 8.40. The molecule has 0 unspecified atom stereocenters. The second-order valence-corrected chi connectivity index (χ2v) is 5.96. The monoisotopic (exact) mass is 387 g/mol. The molecule has 0 aromatic heterocycles. The van der Waals surface area contributed by atoms with E-state index in [9.17, 15) is 14.4 Å². The molecule has 0 radical (unpaired) electrons. The number of esters is 2. The van der Waals surface area contributed by atoms with E-state index in [2.05, 4.69) is 10.1 Å². The molecule has 27 heavy (non-hydrogen) atoms. The van der Waals surface area contributed by atoms with E-state index in [1.165, 1.54) is 26.2 Å². The number of carbonyl (C=O) groups is 3. The molecule has 2 aromatic carbocycles. The van der Waals surface area contributed by atoms with Crippen molar-refractivity contribution in [3.05, 3.63) is 70.8 Å². The van der Waals surface area contributed by atoms with Gasteiger partial charge in [-0.05, 0) is 55.0 Å². The highest BCUT2D eigenvalue weighted by Gasteiger charge is 2.16. The molecule has 0 aliphatic rings. The molecule has 0 saturated heterocycles. The highest BCUT2D eigenvalue weighted by Crippen LogP contribution is 2.14. The zero-order valence-electron chi connectivity index (χ0n) is 14.8. The van der Waals surface area contributed by atoms with E-state index in [1.54, 1.807) is 48.5 Å². The van der Waals surface area contributed by atoms with Crippen LogP contribution in [-0.2, 0) is 19.1 Å². The minimum atomic E-state index is -0.973. The van der Waals surface area contributed by atoms with Gasteiger partial charge in [-0.25, -0.2) is 9.59 Å². The Hall–Kier alpha value is -3.12. The van der Waals surface area contributed by atoms with Crippen LogP contribution in [0.15, 0.2) is 54.6 Å². The fraction of sp³-hybridized carbons (Fsp3) is 0.150. The first-order valence-electron chi connectivity index (χ1n) is 8.02. The average Bonchev–Trinajstić information content (AvgIpc) is 2.67. The number of amides is 1. The van der Waals surface area contributed by atoms with Crippen LogP contribution < -0.4 is 5.32 Å². The molecule has 6 nitrogen and oxygen atoms in total.